The highest BCUT2D eigenvalue weighted by Gasteiger charge is 2.28. The molecule has 7 nitrogen and oxygen atoms in total. The summed E-state index contributed by atoms with van der Waals surface area (Å²) in [5, 5.41) is 8.53. The Balaban J connectivity index is 1.72. The summed E-state index contributed by atoms with van der Waals surface area (Å²) in [6.07, 6.45) is 2.57. The number of benzene rings is 2. The Hall–Kier alpha value is -1.95. The standard InChI is InChI=1S/C19H20IN3O4S/c20-16-4-2-5-17(14-16)22-9-11-23(12-10-22)28(26,27)18-6-1-3-15(13-18)7-8-19(24)21-25/h1-8,13-14,25H,9-12H2,(H,21,24)/b8-7+. The van der Waals surface area contributed by atoms with Crippen LogP contribution >= 0.6 is 22.6 Å². The molecule has 2 N–H and O–H groups in total. The maximum Gasteiger partial charge on any atom is 0.267 e. The number of hydroxylamine groups is 1. The van der Waals surface area contributed by atoms with Crippen molar-refractivity contribution in [3.63, 3.8) is 0 Å². The van der Waals surface area contributed by atoms with E-state index in [1.807, 2.05) is 18.2 Å². The third kappa shape index (κ3) is 4.90. The molecule has 0 aliphatic carbocycles. The molecule has 1 fully saturated rings. The van der Waals surface area contributed by atoms with E-state index in [-0.39, 0.29) is 4.90 Å². The Morgan fingerprint density at radius 1 is 1.07 bits per heavy atom. The van der Waals surface area contributed by atoms with Gasteiger partial charge in [-0.05, 0) is 64.6 Å². The Bertz CT molecular complexity index is 986. The number of sulfonamides is 1. The monoisotopic (exact) mass is 513 g/mol. The minimum absolute atomic E-state index is 0.182. The zero-order chi connectivity index (χ0) is 20.1. The van der Waals surface area contributed by atoms with Crippen molar-refractivity contribution in [3.8, 4) is 0 Å². The van der Waals surface area contributed by atoms with Gasteiger partial charge in [-0.2, -0.15) is 4.31 Å². The summed E-state index contributed by atoms with van der Waals surface area (Å²) in [4.78, 5) is 13.5. The van der Waals surface area contributed by atoms with E-state index in [2.05, 4.69) is 33.6 Å². The Kier molecular flexibility index (Phi) is 6.70. The molecule has 1 heterocycles. The van der Waals surface area contributed by atoms with Gasteiger partial charge in [0.1, 0.15) is 0 Å². The highest BCUT2D eigenvalue weighted by molar-refractivity contribution is 14.1. The van der Waals surface area contributed by atoms with E-state index in [1.165, 1.54) is 21.9 Å². The first-order valence-corrected chi connectivity index (χ1v) is 11.1. The molecular formula is C19H20IN3O4S. The van der Waals surface area contributed by atoms with Crippen LogP contribution in [0, 0.1) is 3.57 Å². The number of anilines is 1. The fourth-order valence-electron chi connectivity index (χ4n) is 3.00. The van der Waals surface area contributed by atoms with Crippen molar-refractivity contribution in [2.24, 2.45) is 0 Å². The molecule has 0 unspecified atom stereocenters. The van der Waals surface area contributed by atoms with E-state index < -0.39 is 15.9 Å². The maximum atomic E-state index is 13.0. The fourth-order valence-corrected chi connectivity index (χ4v) is 5.00. The summed E-state index contributed by atoms with van der Waals surface area (Å²) >= 11 is 2.26. The summed E-state index contributed by atoms with van der Waals surface area (Å²) in [5.74, 6) is -0.681. The molecule has 0 radical (unpaired) electrons. The lowest BCUT2D eigenvalue weighted by Crippen LogP contribution is -2.48. The van der Waals surface area contributed by atoms with Crippen LogP contribution in [-0.4, -0.2) is 50.0 Å². The molecular weight excluding hydrogens is 493 g/mol. The zero-order valence-electron chi connectivity index (χ0n) is 15.0. The van der Waals surface area contributed by atoms with Gasteiger partial charge in [0, 0.05) is 41.5 Å². The number of nitrogens with one attached hydrogen (secondary N) is 1. The number of rotatable bonds is 5. The lowest BCUT2D eigenvalue weighted by Gasteiger charge is -2.35. The van der Waals surface area contributed by atoms with E-state index in [9.17, 15) is 13.2 Å². The summed E-state index contributed by atoms with van der Waals surface area (Å²) < 4.78 is 28.6. The van der Waals surface area contributed by atoms with Crippen molar-refractivity contribution in [2.45, 2.75) is 4.90 Å². The van der Waals surface area contributed by atoms with E-state index in [0.29, 0.717) is 31.7 Å². The van der Waals surface area contributed by atoms with Crippen molar-refractivity contribution in [2.75, 3.05) is 31.1 Å². The minimum Gasteiger partial charge on any atom is -0.369 e. The molecule has 28 heavy (non-hydrogen) atoms. The largest absolute Gasteiger partial charge is 0.369 e. The number of hydrogen-bond donors (Lipinski definition) is 2. The smallest absolute Gasteiger partial charge is 0.267 e. The summed E-state index contributed by atoms with van der Waals surface area (Å²) in [6, 6.07) is 14.5. The molecule has 0 saturated carbocycles. The number of carbonyl (C=O) groups is 1. The van der Waals surface area contributed by atoms with Crippen molar-refractivity contribution in [1.29, 1.82) is 0 Å². The predicted molar refractivity (Wildman–Crippen MR) is 116 cm³/mol. The molecule has 0 aromatic heterocycles. The number of nitrogens with zero attached hydrogens (tertiary/aromatic N) is 2. The van der Waals surface area contributed by atoms with Crippen LogP contribution in [0.2, 0.25) is 0 Å². The van der Waals surface area contributed by atoms with Crippen LogP contribution in [0.15, 0.2) is 59.5 Å². The zero-order valence-corrected chi connectivity index (χ0v) is 17.9. The Morgan fingerprint density at radius 2 is 1.79 bits per heavy atom. The minimum atomic E-state index is -3.62. The number of piperazine rings is 1. The van der Waals surface area contributed by atoms with Crippen molar-refractivity contribution in [3.05, 3.63) is 63.7 Å². The first-order valence-electron chi connectivity index (χ1n) is 8.63. The van der Waals surface area contributed by atoms with E-state index in [1.54, 1.807) is 18.2 Å². The van der Waals surface area contributed by atoms with E-state index in [4.69, 9.17) is 5.21 Å². The molecule has 1 aliphatic rings. The van der Waals surface area contributed by atoms with Gasteiger partial charge in [0.2, 0.25) is 10.0 Å². The Labute approximate surface area is 177 Å². The van der Waals surface area contributed by atoms with Crippen LogP contribution in [0.5, 0.6) is 0 Å². The molecule has 3 rings (SSSR count). The van der Waals surface area contributed by atoms with Crippen molar-refractivity contribution in [1.82, 2.24) is 9.79 Å². The second-order valence-corrected chi connectivity index (χ2v) is 9.44. The van der Waals surface area contributed by atoms with Crippen LogP contribution in [0.4, 0.5) is 5.69 Å². The molecule has 0 spiro atoms. The van der Waals surface area contributed by atoms with Crippen molar-refractivity contribution < 1.29 is 18.4 Å². The molecule has 148 valence electrons. The molecule has 9 heteroatoms. The van der Waals surface area contributed by atoms with Gasteiger partial charge in [0.05, 0.1) is 4.90 Å². The number of halogens is 1. The van der Waals surface area contributed by atoms with Crippen LogP contribution in [0.25, 0.3) is 6.08 Å². The third-order valence-corrected chi connectivity index (χ3v) is 7.01. The summed E-state index contributed by atoms with van der Waals surface area (Å²) in [6.45, 7) is 2.05. The number of amides is 1. The Morgan fingerprint density at radius 3 is 2.46 bits per heavy atom. The van der Waals surface area contributed by atoms with E-state index >= 15 is 0 Å². The fraction of sp³-hybridized carbons (Fsp3) is 0.211. The maximum absolute atomic E-state index is 13.0. The van der Waals surface area contributed by atoms with Crippen LogP contribution < -0.4 is 10.4 Å². The van der Waals surface area contributed by atoms with Crippen molar-refractivity contribution >= 4 is 50.3 Å². The van der Waals surface area contributed by atoms with Crippen LogP contribution in [0.3, 0.4) is 0 Å². The normalized spacial score (nSPS) is 15.7. The average molecular weight is 513 g/mol. The van der Waals surface area contributed by atoms with Gasteiger partial charge in [0.15, 0.2) is 0 Å². The van der Waals surface area contributed by atoms with Crippen LogP contribution in [-0.2, 0) is 14.8 Å². The van der Waals surface area contributed by atoms with E-state index in [0.717, 1.165) is 15.3 Å². The van der Waals surface area contributed by atoms with Gasteiger partial charge in [-0.3, -0.25) is 10.0 Å². The molecule has 1 saturated heterocycles. The first-order chi connectivity index (χ1) is 13.4. The number of carbonyl (C=O) groups excluding carboxylic acids is 1. The van der Waals surface area contributed by atoms with Gasteiger partial charge >= 0.3 is 0 Å². The van der Waals surface area contributed by atoms with Gasteiger partial charge < -0.3 is 4.90 Å². The quantitative estimate of drug-likeness (QED) is 0.277. The third-order valence-electron chi connectivity index (χ3n) is 4.45. The van der Waals surface area contributed by atoms with Gasteiger partial charge in [-0.15, -0.1) is 0 Å². The molecule has 1 amide bonds. The predicted octanol–water partition coefficient (Wildman–Crippen LogP) is 2.32. The SMILES string of the molecule is O=C(/C=C/c1cccc(S(=O)(=O)N2CCN(c3cccc(I)c3)CC2)c1)NO. The summed E-state index contributed by atoms with van der Waals surface area (Å²) in [7, 11) is -3.62. The molecule has 0 bridgehead atoms. The van der Waals surface area contributed by atoms with Gasteiger partial charge in [0.25, 0.3) is 5.91 Å². The summed E-state index contributed by atoms with van der Waals surface area (Å²) in [5.41, 5.74) is 3.15. The number of hydrogen-bond acceptors (Lipinski definition) is 5. The molecule has 1 aliphatic heterocycles. The molecule has 2 aromatic carbocycles. The molecule has 2 aromatic rings. The highest BCUT2D eigenvalue weighted by Crippen LogP contribution is 2.23. The van der Waals surface area contributed by atoms with Gasteiger partial charge in [-0.1, -0.05) is 18.2 Å². The highest BCUT2D eigenvalue weighted by atomic mass is 127. The topological polar surface area (TPSA) is 90.0 Å². The lowest BCUT2D eigenvalue weighted by atomic mass is 10.2. The molecule has 0 atom stereocenters. The first kappa shape index (κ1) is 20.8. The van der Waals surface area contributed by atoms with Gasteiger partial charge in [-0.25, -0.2) is 13.9 Å². The second kappa shape index (κ2) is 9.03. The van der Waals surface area contributed by atoms with Crippen LogP contribution in [0.1, 0.15) is 5.56 Å². The lowest BCUT2D eigenvalue weighted by molar-refractivity contribution is -0.124. The second-order valence-electron chi connectivity index (χ2n) is 6.25. The average Bonchev–Trinajstić information content (AvgIpc) is 2.72.